The van der Waals surface area contributed by atoms with E-state index in [9.17, 15) is 0 Å². The predicted molar refractivity (Wildman–Crippen MR) is 70.1 cm³/mol. The van der Waals surface area contributed by atoms with Crippen LogP contribution in [0.4, 0.5) is 5.13 Å². The highest BCUT2D eigenvalue weighted by Crippen LogP contribution is 2.33. The van der Waals surface area contributed by atoms with Crippen molar-refractivity contribution in [2.45, 2.75) is 16.9 Å². The second kappa shape index (κ2) is 5.03. The third-order valence-corrected chi connectivity index (χ3v) is 4.72. The summed E-state index contributed by atoms with van der Waals surface area (Å²) in [6.07, 6.45) is 3.40. The molecule has 0 aliphatic carbocycles. The fourth-order valence-electron chi connectivity index (χ4n) is 1.20. The van der Waals surface area contributed by atoms with Crippen LogP contribution in [0.2, 0.25) is 5.02 Å². The molecule has 0 saturated carbocycles. The molecule has 2 N–H and O–H groups in total. The molecule has 2 rings (SSSR count). The second-order valence-electron chi connectivity index (χ2n) is 3.18. The summed E-state index contributed by atoms with van der Waals surface area (Å²) in [6.45, 7) is 1.96. The zero-order chi connectivity index (χ0) is 11.5. The number of nitrogens with two attached hydrogens (primary N) is 1. The molecule has 0 bridgehead atoms. The highest BCUT2D eigenvalue weighted by Gasteiger charge is 2.07. The number of pyridine rings is 1. The number of nitrogens with zero attached hydrogens (tertiary/aromatic N) is 2. The van der Waals surface area contributed by atoms with Gasteiger partial charge in [0.1, 0.15) is 0 Å². The molecule has 0 spiro atoms. The predicted octanol–water partition coefficient (Wildman–Crippen LogP) is 3.37. The fourth-order valence-corrected chi connectivity index (χ4v) is 3.49. The van der Waals surface area contributed by atoms with Gasteiger partial charge in [-0.1, -0.05) is 22.9 Å². The minimum Gasteiger partial charge on any atom is -0.375 e. The van der Waals surface area contributed by atoms with Crippen LogP contribution in [-0.2, 0) is 5.75 Å². The molecule has 6 heteroatoms. The van der Waals surface area contributed by atoms with Crippen LogP contribution < -0.4 is 5.73 Å². The molecule has 16 heavy (non-hydrogen) atoms. The summed E-state index contributed by atoms with van der Waals surface area (Å²) in [6, 6.07) is 1.93. The van der Waals surface area contributed by atoms with Crippen molar-refractivity contribution in [1.29, 1.82) is 0 Å². The molecule has 0 unspecified atom stereocenters. The van der Waals surface area contributed by atoms with E-state index < -0.39 is 0 Å². The highest BCUT2D eigenvalue weighted by atomic mass is 35.5. The number of anilines is 1. The number of rotatable bonds is 3. The number of aromatic nitrogens is 2. The summed E-state index contributed by atoms with van der Waals surface area (Å²) >= 11 is 9.23. The van der Waals surface area contributed by atoms with Crippen LogP contribution in [0.1, 0.15) is 11.3 Å². The first-order valence-corrected chi connectivity index (χ1v) is 6.79. The Morgan fingerprint density at radius 2 is 2.38 bits per heavy atom. The Hall–Kier alpha value is -0.780. The summed E-state index contributed by atoms with van der Waals surface area (Å²) in [5, 5.41) is 1.31. The number of nitrogen functional groups attached to an aromatic ring is 1. The van der Waals surface area contributed by atoms with Crippen molar-refractivity contribution in [2.75, 3.05) is 5.73 Å². The standard InChI is InChI=1S/C10H10ClN3S2/c1-6-9(16-10(12)14-6)15-5-7-2-3-13-4-8(7)11/h2-4H,5H2,1H3,(H2,12,14). The van der Waals surface area contributed by atoms with Gasteiger partial charge in [-0.25, -0.2) is 4.98 Å². The van der Waals surface area contributed by atoms with Gasteiger partial charge in [-0.15, -0.1) is 11.8 Å². The molecule has 3 nitrogen and oxygen atoms in total. The molecule has 0 amide bonds. The topological polar surface area (TPSA) is 51.8 Å². The van der Waals surface area contributed by atoms with Crippen molar-refractivity contribution in [3.63, 3.8) is 0 Å². The molecular formula is C10H10ClN3S2. The molecule has 0 aromatic carbocycles. The fraction of sp³-hybridized carbons (Fsp3) is 0.200. The van der Waals surface area contributed by atoms with Crippen LogP contribution in [0.5, 0.6) is 0 Å². The maximum absolute atomic E-state index is 6.02. The lowest BCUT2D eigenvalue weighted by Gasteiger charge is -2.01. The minimum atomic E-state index is 0.612. The molecule has 2 aromatic rings. The molecule has 84 valence electrons. The Balaban J connectivity index is 2.08. The number of hydrogen-bond acceptors (Lipinski definition) is 5. The maximum Gasteiger partial charge on any atom is 0.181 e. The average Bonchev–Trinajstić information content (AvgIpc) is 2.56. The van der Waals surface area contributed by atoms with Gasteiger partial charge < -0.3 is 5.73 Å². The molecule has 0 saturated heterocycles. The molecule has 2 aromatic heterocycles. The largest absolute Gasteiger partial charge is 0.375 e. The first-order valence-electron chi connectivity index (χ1n) is 4.61. The van der Waals surface area contributed by atoms with E-state index in [1.54, 1.807) is 24.2 Å². The number of thiazole rings is 1. The van der Waals surface area contributed by atoms with Gasteiger partial charge in [0.25, 0.3) is 0 Å². The lowest BCUT2D eigenvalue weighted by molar-refractivity contribution is 1.21. The smallest absolute Gasteiger partial charge is 0.181 e. The van der Waals surface area contributed by atoms with Gasteiger partial charge in [0.2, 0.25) is 0 Å². The number of halogens is 1. The third kappa shape index (κ3) is 2.66. The SMILES string of the molecule is Cc1nc(N)sc1SCc1ccncc1Cl. The van der Waals surface area contributed by atoms with Crippen molar-refractivity contribution >= 4 is 39.8 Å². The van der Waals surface area contributed by atoms with Gasteiger partial charge in [0.15, 0.2) is 5.13 Å². The van der Waals surface area contributed by atoms with Crippen LogP contribution in [0.15, 0.2) is 22.7 Å². The van der Waals surface area contributed by atoms with Gasteiger partial charge in [-0.2, -0.15) is 0 Å². The summed E-state index contributed by atoms with van der Waals surface area (Å²) in [5.74, 6) is 0.809. The van der Waals surface area contributed by atoms with Crippen molar-refractivity contribution in [3.8, 4) is 0 Å². The summed E-state index contributed by atoms with van der Waals surface area (Å²) in [4.78, 5) is 8.13. The first-order chi connectivity index (χ1) is 7.66. The number of hydrogen-bond donors (Lipinski definition) is 1. The Bertz CT molecular complexity index is 499. The highest BCUT2D eigenvalue weighted by molar-refractivity contribution is 8.00. The normalized spacial score (nSPS) is 10.6. The van der Waals surface area contributed by atoms with E-state index in [-0.39, 0.29) is 0 Å². The second-order valence-corrected chi connectivity index (χ2v) is 5.86. The van der Waals surface area contributed by atoms with E-state index in [1.165, 1.54) is 11.3 Å². The monoisotopic (exact) mass is 271 g/mol. The molecule has 0 aliphatic heterocycles. The zero-order valence-corrected chi connectivity index (χ0v) is 11.0. The molecule has 0 radical (unpaired) electrons. The number of aryl methyl sites for hydroxylation is 1. The van der Waals surface area contributed by atoms with Crippen LogP contribution in [-0.4, -0.2) is 9.97 Å². The summed E-state index contributed by atoms with van der Waals surface area (Å²) in [5.41, 5.74) is 7.70. The van der Waals surface area contributed by atoms with Crippen LogP contribution >= 0.6 is 34.7 Å². The van der Waals surface area contributed by atoms with E-state index in [4.69, 9.17) is 17.3 Å². The van der Waals surface area contributed by atoms with Crippen molar-refractivity contribution in [3.05, 3.63) is 34.7 Å². The van der Waals surface area contributed by atoms with Crippen LogP contribution in [0.25, 0.3) is 0 Å². The molecule has 0 aliphatic rings. The first kappa shape index (κ1) is 11.7. The van der Waals surface area contributed by atoms with Crippen LogP contribution in [0, 0.1) is 6.92 Å². The lowest BCUT2D eigenvalue weighted by Crippen LogP contribution is -1.83. The quantitative estimate of drug-likeness (QED) is 0.870. The van der Waals surface area contributed by atoms with Gasteiger partial charge in [-0.05, 0) is 18.6 Å². The van der Waals surface area contributed by atoms with Crippen LogP contribution in [0.3, 0.4) is 0 Å². The third-order valence-electron chi connectivity index (χ3n) is 1.99. The van der Waals surface area contributed by atoms with E-state index >= 15 is 0 Å². The van der Waals surface area contributed by atoms with Crippen molar-refractivity contribution in [2.24, 2.45) is 0 Å². The summed E-state index contributed by atoms with van der Waals surface area (Å²) < 4.78 is 1.14. The van der Waals surface area contributed by atoms with Gasteiger partial charge >= 0.3 is 0 Å². The van der Waals surface area contributed by atoms with Gasteiger partial charge in [0, 0.05) is 18.1 Å². The molecule has 0 fully saturated rings. The molecular weight excluding hydrogens is 262 g/mol. The summed E-state index contributed by atoms with van der Waals surface area (Å²) in [7, 11) is 0. The van der Waals surface area contributed by atoms with Crippen molar-refractivity contribution < 1.29 is 0 Å². The Labute approximate surface area is 107 Å². The van der Waals surface area contributed by atoms with Gasteiger partial charge in [0.05, 0.1) is 14.9 Å². The van der Waals surface area contributed by atoms with Gasteiger partial charge in [-0.3, -0.25) is 4.98 Å². The zero-order valence-electron chi connectivity index (χ0n) is 8.61. The Morgan fingerprint density at radius 1 is 1.56 bits per heavy atom. The van der Waals surface area contributed by atoms with Crippen molar-refractivity contribution in [1.82, 2.24) is 9.97 Å². The molecule has 2 heterocycles. The van der Waals surface area contributed by atoms with E-state index in [0.29, 0.717) is 10.2 Å². The Kier molecular flexibility index (Phi) is 3.68. The Morgan fingerprint density at radius 3 is 3.00 bits per heavy atom. The van der Waals surface area contributed by atoms with E-state index in [2.05, 4.69) is 9.97 Å². The minimum absolute atomic E-state index is 0.612. The van der Waals surface area contributed by atoms with E-state index in [1.807, 2.05) is 13.0 Å². The lowest BCUT2D eigenvalue weighted by atomic mass is 10.3. The van der Waals surface area contributed by atoms with E-state index in [0.717, 1.165) is 21.2 Å². The maximum atomic E-state index is 6.02. The average molecular weight is 272 g/mol. The molecule has 0 atom stereocenters. The number of thioether (sulfide) groups is 1.